The molecule has 0 saturated carbocycles. The maximum Gasteiger partial charge on any atom is 0.270 e. The molecule has 5 heteroatoms. The molecule has 3 aromatic rings. The van der Waals surface area contributed by atoms with E-state index in [0.29, 0.717) is 12.2 Å². The van der Waals surface area contributed by atoms with Gasteiger partial charge in [0.2, 0.25) is 0 Å². The van der Waals surface area contributed by atoms with Crippen molar-refractivity contribution in [2.24, 2.45) is 0 Å². The van der Waals surface area contributed by atoms with Gasteiger partial charge in [-0.05, 0) is 30.2 Å². The van der Waals surface area contributed by atoms with Crippen LogP contribution in [0.15, 0.2) is 72.9 Å². The van der Waals surface area contributed by atoms with Crippen LogP contribution in [0, 0.1) is 0 Å². The monoisotopic (exact) mass is 361 g/mol. The van der Waals surface area contributed by atoms with E-state index in [2.05, 4.69) is 27.8 Å². The number of para-hydroxylation sites is 1. The normalized spacial score (nSPS) is 10.3. The molecule has 0 aliphatic heterocycles. The molecule has 1 heterocycles. The number of rotatable bonds is 8. The highest BCUT2D eigenvalue weighted by Crippen LogP contribution is 2.17. The molecule has 3 rings (SSSR count). The lowest BCUT2D eigenvalue weighted by atomic mass is 10.1. The summed E-state index contributed by atoms with van der Waals surface area (Å²) >= 11 is 0. The fourth-order valence-corrected chi connectivity index (χ4v) is 2.78. The number of methoxy groups -OCH3 is 1. The van der Waals surface area contributed by atoms with Gasteiger partial charge in [0.1, 0.15) is 11.4 Å². The Labute approximate surface area is 159 Å². The van der Waals surface area contributed by atoms with Crippen LogP contribution in [0.3, 0.4) is 0 Å². The van der Waals surface area contributed by atoms with Gasteiger partial charge in [-0.25, -0.2) is 0 Å². The number of benzene rings is 2. The fraction of sp³-hybridized carbons (Fsp3) is 0.182. The first-order valence-corrected chi connectivity index (χ1v) is 8.90. The molecule has 1 aromatic heterocycles. The standard InChI is InChI=1S/C22H23N3O2/c1-27-21-10-6-5-9-18(21)16-25-22(26)20-15-19(12-14-24-20)23-13-11-17-7-3-2-4-8-17/h2-10,12,14-15H,11,13,16H2,1H3,(H,23,24)(H,25,26). The second-order valence-corrected chi connectivity index (χ2v) is 6.09. The van der Waals surface area contributed by atoms with Crippen LogP contribution in [0.25, 0.3) is 0 Å². The van der Waals surface area contributed by atoms with E-state index in [4.69, 9.17) is 4.74 Å². The summed E-state index contributed by atoms with van der Waals surface area (Å²) in [5, 5.41) is 6.23. The maximum absolute atomic E-state index is 12.4. The summed E-state index contributed by atoms with van der Waals surface area (Å²) < 4.78 is 5.31. The molecule has 138 valence electrons. The molecule has 0 spiro atoms. The minimum atomic E-state index is -0.215. The number of anilines is 1. The molecule has 0 aliphatic rings. The number of pyridine rings is 1. The van der Waals surface area contributed by atoms with E-state index in [-0.39, 0.29) is 5.91 Å². The first-order valence-electron chi connectivity index (χ1n) is 8.90. The van der Waals surface area contributed by atoms with Gasteiger partial charge < -0.3 is 15.4 Å². The Bertz CT molecular complexity index is 881. The zero-order chi connectivity index (χ0) is 18.9. The van der Waals surface area contributed by atoms with Gasteiger partial charge in [-0.1, -0.05) is 48.5 Å². The van der Waals surface area contributed by atoms with Crippen LogP contribution in [0.2, 0.25) is 0 Å². The average Bonchev–Trinajstić information content (AvgIpc) is 2.73. The van der Waals surface area contributed by atoms with Crippen molar-refractivity contribution in [3.05, 3.63) is 89.7 Å². The molecule has 0 fully saturated rings. The van der Waals surface area contributed by atoms with Crippen LogP contribution >= 0.6 is 0 Å². The zero-order valence-corrected chi connectivity index (χ0v) is 15.3. The Balaban J connectivity index is 1.55. The summed E-state index contributed by atoms with van der Waals surface area (Å²) in [5.74, 6) is 0.537. The Kier molecular flexibility index (Phi) is 6.41. The van der Waals surface area contributed by atoms with E-state index in [9.17, 15) is 4.79 Å². The minimum absolute atomic E-state index is 0.215. The molecular weight excluding hydrogens is 338 g/mol. The molecule has 0 aliphatic carbocycles. The third-order valence-electron chi connectivity index (χ3n) is 4.21. The number of nitrogens with one attached hydrogen (secondary N) is 2. The molecule has 5 nitrogen and oxygen atoms in total. The van der Waals surface area contributed by atoms with Crippen molar-refractivity contribution < 1.29 is 9.53 Å². The highest BCUT2D eigenvalue weighted by molar-refractivity contribution is 5.93. The third kappa shape index (κ3) is 5.31. The molecule has 27 heavy (non-hydrogen) atoms. The van der Waals surface area contributed by atoms with E-state index in [1.54, 1.807) is 19.4 Å². The lowest BCUT2D eigenvalue weighted by Gasteiger charge is -2.10. The maximum atomic E-state index is 12.4. The molecule has 0 radical (unpaired) electrons. The Morgan fingerprint density at radius 1 is 1.04 bits per heavy atom. The lowest BCUT2D eigenvalue weighted by Crippen LogP contribution is -2.24. The smallest absolute Gasteiger partial charge is 0.270 e. The second-order valence-electron chi connectivity index (χ2n) is 6.09. The van der Waals surface area contributed by atoms with Crippen molar-refractivity contribution in [1.29, 1.82) is 0 Å². The third-order valence-corrected chi connectivity index (χ3v) is 4.21. The Morgan fingerprint density at radius 3 is 2.63 bits per heavy atom. The van der Waals surface area contributed by atoms with E-state index in [0.717, 1.165) is 30.0 Å². The lowest BCUT2D eigenvalue weighted by molar-refractivity contribution is 0.0945. The summed E-state index contributed by atoms with van der Waals surface area (Å²) in [7, 11) is 1.62. The molecule has 0 atom stereocenters. The molecule has 1 amide bonds. The molecule has 0 bridgehead atoms. The largest absolute Gasteiger partial charge is 0.496 e. The number of ether oxygens (including phenoxy) is 1. The highest BCUT2D eigenvalue weighted by Gasteiger charge is 2.09. The number of hydrogen-bond acceptors (Lipinski definition) is 4. The van der Waals surface area contributed by atoms with Crippen LogP contribution in [-0.2, 0) is 13.0 Å². The van der Waals surface area contributed by atoms with Crippen LogP contribution < -0.4 is 15.4 Å². The van der Waals surface area contributed by atoms with E-state index >= 15 is 0 Å². The van der Waals surface area contributed by atoms with Crippen LogP contribution in [-0.4, -0.2) is 24.5 Å². The van der Waals surface area contributed by atoms with E-state index < -0.39 is 0 Å². The van der Waals surface area contributed by atoms with Crippen LogP contribution in [0.4, 0.5) is 5.69 Å². The summed E-state index contributed by atoms with van der Waals surface area (Å²) in [6.45, 7) is 1.17. The first-order chi connectivity index (χ1) is 13.3. The van der Waals surface area contributed by atoms with Crippen molar-refractivity contribution in [3.8, 4) is 5.75 Å². The Morgan fingerprint density at radius 2 is 1.81 bits per heavy atom. The van der Waals surface area contributed by atoms with Crippen molar-refractivity contribution in [2.45, 2.75) is 13.0 Å². The van der Waals surface area contributed by atoms with Gasteiger partial charge in [-0.15, -0.1) is 0 Å². The van der Waals surface area contributed by atoms with Crippen LogP contribution in [0.1, 0.15) is 21.6 Å². The van der Waals surface area contributed by atoms with Crippen molar-refractivity contribution >= 4 is 11.6 Å². The van der Waals surface area contributed by atoms with Crippen molar-refractivity contribution in [2.75, 3.05) is 19.0 Å². The second kappa shape index (κ2) is 9.38. The SMILES string of the molecule is COc1ccccc1CNC(=O)c1cc(NCCc2ccccc2)ccn1. The minimum Gasteiger partial charge on any atom is -0.496 e. The highest BCUT2D eigenvalue weighted by atomic mass is 16.5. The number of amides is 1. The fourth-order valence-electron chi connectivity index (χ4n) is 2.78. The zero-order valence-electron chi connectivity index (χ0n) is 15.3. The summed E-state index contributed by atoms with van der Waals surface area (Å²) in [5.41, 5.74) is 3.46. The van der Waals surface area contributed by atoms with Gasteiger partial charge >= 0.3 is 0 Å². The molecule has 0 saturated heterocycles. The predicted molar refractivity (Wildman–Crippen MR) is 107 cm³/mol. The van der Waals surface area contributed by atoms with Gasteiger partial charge in [0.15, 0.2) is 0 Å². The molecule has 0 unspecified atom stereocenters. The first kappa shape index (κ1) is 18.5. The van der Waals surface area contributed by atoms with E-state index in [1.165, 1.54) is 5.56 Å². The van der Waals surface area contributed by atoms with Gasteiger partial charge in [0.25, 0.3) is 5.91 Å². The molecule has 2 aromatic carbocycles. The van der Waals surface area contributed by atoms with Crippen molar-refractivity contribution in [1.82, 2.24) is 10.3 Å². The topological polar surface area (TPSA) is 63.2 Å². The number of aromatic nitrogens is 1. The number of hydrogen-bond donors (Lipinski definition) is 2. The summed E-state index contributed by atoms with van der Waals surface area (Å²) in [6.07, 6.45) is 2.56. The van der Waals surface area contributed by atoms with Crippen LogP contribution in [0.5, 0.6) is 5.75 Å². The predicted octanol–water partition coefficient (Wildman–Crippen LogP) is 3.67. The van der Waals surface area contributed by atoms with Gasteiger partial charge in [-0.2, -0.15) is 0 Å². The van der Waals surface area contributed by atoms with E-state index in [1.807, 2.05) is 48.5 Å². The molecular formula is C22H23N3O2. The summed E-state index contributed by atoms with van der Waals surface area (Å²) in [4.78, 5) is 16.6. The molecule has 2 N–H and O–H groups in total. The average molecular weight is 361 g/mol. The quantitative estimate of drug-likeness (QED) is 0.642. The number of nitrogens with zero attached hydrogens (tertiary/aromatic N) is 1. The van der Waals surface area contributed by atoms with Crippen molar-refractivity contribution in [3.63, 3.8) is 0 Å². The number of carbonyl (C=O) groups excluding carboxylic acids is 1. The van der Waals surface area contributed by atoms with Gasteiger partial charge in [-0.3, -0.25) is 9.78 Å². The van der Waals surface area contributed by atoms with Gasteiger partial charge in [0, 0.05) is 30.5 Å². The Hall–Kier alpha value is -3.34. The van der Waals surface area contributed by atoms with Gasteiger partial charge in [0.05, 0.1) is 7.11 Å². The number of carbonyl (C=O) groups is 1. The summed E-state index contributed by atoms with van der Waals surface area (Å²) in [6, 6.07) is 21.5.